The zero-order valence-corrected chi connectivity index (χ0v) is 13.7. The molecular weight excluding hydrogens is 331 g/mol. The van der Waals surface area contributed by atoms with Gasteiger partial charge in [-0.3, -0.25) is 4.79 Å². The summed E-state index contributed by atoms with van der Waals surface area (Å²) in [5.74, 6) is -0.235. The summed E-state index contributed by atoms with van der Waals surface area (Å²) in [5, 5.41) is 2.02. The topological polar surface area (TPSA) is 39.4 Å². The molecule has 0 spiro atoms. The highest BCUT2D eigenvalue weighted by atomic mass is 19.1. The molecule has 0 saturated carbocycles. The van der Waals surface area contributed by atoms with Crippen LogP contribution < -0.4 is 4.74 Å². The number of carbonyl (C=O) groups is 1. The third-order valence-electron chi connectivity index (χ3n) is 4.60. The molecule has 0 saturated heterocycles. The minimum atomic E-state index is -0.451. The van der Waals surface area contributed by atoms with Crippen LogP contribution in [-0.2, 0) is 0 Å². The van der Waals surface area contributed by atoms with Gasteiger partial charge in [0.1, 0.15) is 29.3 Å². The molecule has 0 bridgehead atoms. The van der Waals surface area contributed by atoms with Gasteiger partial charge in [-0.25, -0.2) is 4.39 Å². The molecule has 0 unspecified atom stereocenters. The van der Waals surface area contributed by atoms with Gasteiger partial charge < -0.3 is 9.15 Å². The normalized spacial score (nSPS) is 15.4. The number of halogens is 1. The average Bonchev–Trinajstić information content (AvgIpc) is 3.02. The smallest absolute Gasteiger partial charge is 0.196 e. The molecule has 0 atom stereocenters. The van der Waals surface area contributed by atoms with Gasteiger partial charge in [-0.2, -0.15) is 0 Å². The molecule has 3 aromatic carbocycles. The first-order valence-corrected chi connectivity index (χ1v) is 8.28. The fourth-order valence-corrected chi connectivity index (χ4v) is 3.34. The third kappa shape index (κ3) is 2.30. The number of rotatable bonds is 1. The van der Waals surface area contributed by atoms with E-state index in [4.69, 9.17) is 9.15 Å². The lowest BCUT2D eigenvalue weighted by Crippen LogP contribution is -2.19. The fourth-order valence-electron chi connectivity index (χ4n) is 3.34. The number of benzene rings is 3. The molecule has 0 radical (unpaired) electrons. The maximum atomic E-state index is 13.5. The Morgan fingerprint density at radius 3 is 2.69 bits per heavy atom. The molecule has 1 aromatic heterocycles. The maximum Gasteiger partial charge on any atom is 0.196 e. The number of ketones is 1. The first-order chi connectivity index (χ1) is 12.7. The van der Waals surface area contributed by atoms with Gasteiger partial charge in [-0.1, -0.05) is 24.3 Å². The Kier molecular flexibility index (Phi) is 3.19. The Hall–Kier alpha value is -3.40. The number of hydrogen-bond donors (Lipinski definition) is 0. The fraction of sp³-hybridized carbons (Fsp3) is 0.0455. The summed E-state index contributed by atoms with van der Waals surface area (Å²) < 4.78 is 24.9. The quantitative estimate of drug-likeness (QED) is 0.435. The molecule has 3 nitrogen and oxygen atoms in total. The number of hydrogen-bond acceptors (Lipinski definition) is 3. The van der Waals surface area contributed by atoms with Crippen LogP contribution >= 0.6 is 0 Å². The molecule has 0 aliphatic carbocycles. The second kappa shape index (κ2) is 5.56. The first-order valence-electron chi connectivity index (χ1n) is 8.28. The van der Waals surface area contributed by atoms with Crippen LogP contribution in [0.25, 0.3) is 28.0 Å². The number of fused-ring (bicyclic) bond motifs is 4. The van der Waals surface area contributed by atoms with E-state index in [9.17, 15) is 9.18 Å². The molecule has 4 heteroatoms. The standard InChI is InChI=1S/C22H13FO3/c23-15-6-8-19-18(11-15)22(24)14(12-25-19)9-13-5-7-21-17(10-13)16-3-1-2-4-20(16)26-21/h1-11H,12H2/b14-9+. The SMILES string of the molecule is O=C1/C(=C/c2ccc3oc4ccccc4c3c2)COc2ccc(F)cc21. The van der Waals surface area contributed by atoms with E-state index in [1.165, 1.54) is 18.2 Å². The van der Waals surface area contributed by atoms with Crippen LogP contribution in [-0.4, -0.2) is 12.4 Å². The van der Waals surface area contributed by atoms with Crippen molar-refractivity contribution in [3.8, 4) is 5.75 Å². The van der Waals surface area contributed by atoms with Gasteiger partial charge in [-0.05, 0) is 48.0 Å². The van der Waals surface area contributed by atoms with Gasteiger partial charge in [0, 0.05) is 16.3 Å². The van der Waals surface area contributed by atoms with Gasteiger partial charge in [0.05, 0.1) is 5.56 Å². The minimum absolute atomic E-state index is 0.168. The van der Waals surface area contributed by atoms with Crippen LogP contribution in [0, 0.1) is 5.82 Å². The summed E-state index contributed by atoms with van der Waals surface area (Å²) >= 11 is 0. The molecule has 5 rings (SSSR count). The molecule has 4 aromatic rings. The Labute approximate surface area is 148 Å². The molecule has 1 aliphatic heterocycles. The predicted octanol–water partition coefficient (Wildman–Crippen LogP) is 5.38. The highest BCUT2D eigenvalue weighted by Gasteiger charge is 2.23. The van der Waals surface area contributed by atoms with Crippen LogP contribution in [0.15, 0.2) is 70.7 Å². The van der Waals surface area contributed by atoms with Crippen molar-refractivity contribution in [1.29, 1.82) is 0 Å². The Morgan fingerprint density at radius 2 is 1.77 bits per heavy atom. The average molecular weight is 344 g/mol. The van der Waals surface area contributed by atoms with E-state index >= 15 is 0 Å². The molecule has 2 heterocycles. The summed E-state index contributed by atoms with van der Waals surface area (Å²) in [6, 6.07) is 17.6. The number of furan rings is 1. The van der Waals surface area contributed by atoms with Gasteiger partial charge in [-0.15, -0.1) is 0 Å². The van der Waals surface area contributed by atoms with Crippen molar-refractivity contribution in [1.82, 2.24) is 0 Å². The van der Waals surface area contributed by atoms with Crippen molar-refractivity contribution in [2.24, 2.45) is 0 Å². The van der Waals surface area contributed by atoms with Gasteiger partial charge in [0.25, 0.3) is 0 Å². The van der Waals surface area contributed by atoms with Crippen molar-refractivity contribution in [3.63, 3.8) is 0 Å². The van der Waals surface area contributed by atoms with E-state index in [-0.39, 0.29) is 18.0 Å². The lowest BCUT2D eigenvalue weighted by atomic mass is 9.98. The summed E-state index contributed by atoms with van der Waals surface area (Å²) in [7, 11) is 0. The van der Waals surface area contributed by atoms with E-state index in [2.05, 4.69) is 0 Å². The van der Waals surface area contributed by atoms with Crippen LogP contribution in [0.5, 0.6) is 5.75 Å². The second-order valence-electron chi connectivity index (χ2n) is 6.28. The first kappa shape index (κ1) is 14.9. The van der Waals surface area contributed by atoms with Crippen LogP contribution in [0.4, 0.5) is 4.39 Å². The van der Waals surface area contributed by atoms with Gasteiger partial charge in [0.2, 0.25) is 0 Å². The Balaban J connectivity index is 1.60. The van der Waals surface area contributed by atoms with Crippen molar-refractivity contribution in [3.05, 3.63) is 83.2 Å². The van der Waals surface area contributed by atoms with E-state index in [0.29, 0.717) is 11.3 Å². The molecular formula is C22H13FO3. The monoisotopic (exact) mass is 344 g/mol. The highest BCUT2D eigenvalue weighted by Crippen LogP contribution is 2.31. The van der Waals surface area contributed by atoms with Gasteiger partial charge >= 0.3 is 0 Å². The second-order valence-corrected chi connectivity index (χ2v) is 6.28. The number of ether oxygens (including phenoxy) is 1. The lowest BCUT2D eigenvalue weighted by Gasteiger charge is -2.18. The van der Waals surface area contributed by atoms with Crippen molar-refractivity contribution in [2.75, 3.05) is 6.61 Å². The van der Waals surface area contributed by atoms with Crippen molar-refractivity contribution < 1.29 is 18.3 Å². The summed E-state index contributed by atoms with van der Waals surface area (Å²) in [4.78, 5) is 12.7. The van der Waals surface area contributed by atoms with Crippen LogP contribution in [0.1, 0.15) is 15.9 Å². The molecule has 0 fully saturated rings. The summed E-state index contributed by atoms with van der Waals surface area (Å²) in [6.45, 7) is 0.168. The molecule has 26 heavy (non-hydrogen) atoms. The van der Waals surface area contributed by atoms with Crippen LogP contribution in [0.2, 0.25) is 0 Å². The van der Waals surface area contributed by atoms with Crippen molar-refractivity contribution >= 4 is 33.8 Å². The largest absolute Gasteiger partial charge is 0.488 e. The highest BCUT2D eigenvalue weighted by molar-refractivity contribution is 6.14. The molecule has 126 valence electrons. The minimum Gasteiger partial charge on any atom is -0.488 e. The molecule has 1 aliphatic rings. The predicted molar refractivity (Wildman–Crippen MR) is 97.9 cm³/mol. The molecule has 0 N–H and O–H groups in total. The van der Waals surface area contributed by atoms with Crippen molar-refractivity contribution in [2.45, 2.75) is 0 Å². The van der Waals surface area contributed by atoms with E-state index in [0.717, 1.165) is 27.5 Å². The summed E-state index contributed by atoms with van der Waals surface area (Å²) in [6.07, 6.45) is 1.79. The third-order valence-corrected chi connectivity index (χ3v) is 4.60. The van der Waals surface area contributed by atoms with E-state index in [1.807, 2.05) is 42.5 Å². The summed E-state index contributed by atoms with van der Waals surface area (Å²) in [5.41, 5.74) is 3.25. The zero-order valence-electron chi connectivity index (χ0n) is 13.7. The lowest BCUT2D eigenvalue weighted by molar-refractivity contribution is 0.1000. The number of para-hydroxylation sites is 1. The number of Topliss-reactive ketones (excluding diaryl/α,β-unsaturated/α-hetero) is 1. The van der Waals surface area contributed by atoms with E-state index < -0.39 is 5.82 Å². The Bertz CT molecular complexity index is 1220. The Morgan fingerprint density at radius 1 is 0.923 bits per heavy atom. The van der Waals surface area contributed by atoms with E-state index in [1.54, 1.807) is 6.08 Å². The number of carbonyl (C=O) groups excluding carboxylic acids is 1. The van der Waals surface area contributed by atoms with Gasteiger partial charge in [0.15, 0.2) is 5.78 Å². The molecule has 0 amide bonds. The maximum absolute atomic E-state index is 13.5. The zero-order chi connectivity index (χ0) is 17.7. The van der Waals surface area contributed by atoms with Crippen LogP contribution in [0.3, 0.4) is 0 Å².